The van der Waals surface area contributed by atoms with Crippen molar-refractivity contribution in [2.24, 2.45) is 22.3 Å². The largest absolute Gasteiger partial charge is 0.433 e. The van der Waals surface area contributed by atoms with E-state index in [2.05, 4.69) is 13.2 Å². The SMILES string of the molecule is C=CC(=O)OC(C)OC1CCCCC1(CC1(C(N)=O)CCCCC1OC(C)OC(=O)C=C)C(N)=O. The second kappa shape index (κ2) is 12.3. The van der Waals surface area contributed by atoms with Gasteiger partial charge in [-0.05, 0) is 46.0 Å². The summed E-state index contributed by atoms with van der Waals surface area (Å²) in [6.45, 7) is 9.84. The Morgan fingerprint density at radius 1 is 0.800 bits per heavy atom. The maximum absolute atomic E-state index is 13.0. The molecule has 4 N–H and O–H groups in total. The first kappa shape index (κ1) is 28.5. The molecule has 2 saturated carbocycles. The van der Waals surface area contributed by atoms with E-state index in [-0.39, 0.29) is 6.42 Å². The van der Waals surface area contributed by atoms with Crippen molar-refractivity contribution < 1.29 is 38.1 Å². The quantitative estimate of drug-likeness (QED) is 0.238. The summed E-state index contributed by atoms with van der Waals surface area (Å²) in [5.41, 5.74) is 9.50. The highest BCUT2D eigenvalue weighted by molar-refractivity contribution is 5.86. The number of carbonyl (C=O) groups excluding carboxylic acids is 4. The first-order chi connectivity index (χ1) is 16.5. The number of rotatable bonds is 12. The molecule has 0 spiro atoms. The molecule has 0 aliphatic heterocycles. The Kier molecular flexibility index (Phi) is 10.0. The fourth-order valence-electron chi connectivity index (χ4n) is 5.46. The van der Waals surface area contributed by atoms with Gasteiger partial charge in [-0.3, -0.25) is 9.59 Å². The van der Waals surface area contributed by atoms with Crippen LogP contribution in [0.1, 0.15) is 71.6 Å². The maximum atomic E-state index is 13.0. The summed E-state index contributed by atoms with van der Waals surface area (Å²) >= 11 is 0. The second-order valence-electron chi connectivity index (χ2n) is 9.38. The molecule has 0 bridgehead atoms. The molecule has 2 aliphatic rings. The van der Waals surface area contributed by atoms with Gasteiger partial charge in [-0.25, -0.2) is 9.59 Å². The molecule has 2 rings (SSSR count). The highest BCUT2D eigenvalue weighted by atomic mass is 16.7. The molecule has 6 unspecified atom stereocenters. The Labute approximate surface area is 206 Å². The minimum absolute atomic E-state index is 0.0181. The summed E-state index contributed by atoms with van der Waals surface area (Å²) in [6.07, 6.45) is 3.48. The molecule has 2 amide bonds. The summed E-state index contributed by atoms with van der Waals surface area (Å²) in [6, 6.07) is 0. The lowest BCUT2D eigenvalue weighted by Crippen LogP contribution is -2.59. The monoisotopic (exact) mass is 494 g/mol. The molecule has 10 nitrogen and oxygen atoms in total. The Morgan fingerprint density at radius 3 is 1.49 bits per heavy atom. The van der Waals surface area contributed by atoms with Crippen LogP contribution in [0.3, 0.4) is 0 Å². The Bertz CT molecular complexity index is 764. The molecule has 0 radical (unpaired) electrons. The van der Waals surface area contributed by atoms with Crippen molar-refractivity contribution in [1.82, 2.24) is 0 Å². The van der Waals surface area contributed by atoms with Gasteiger partial charge < -0.3 is 30.4 Å². The van der Waals surface area contributed by atoms with Gasteiger partial charge in [0.1, 0.15) is 0 Å². The zero-order chi connectivity index (χ0) is 26.2. The normalized spacial score (nSPS) is 30.3. The fourth-order valence-corrected chi connectivity index (χ4v) is 5.46. The summed E-state index contributed by atoms with van der Waals surface area (Å²) < 4.78 is 22.4. The lowest BCUT2D eigenvalue weighted by molar-refractivity contribution is -0.218. The topological polar surface area (TPSA) is 157 Å². The van der Waals surface area contributed by atoms with Crippen LogP contribution in [0.2, 0.25) is 0 Å². The molecule has 0 aromatic carbocycles. The molecule has 0 saturated heterocycles. The second-order valence-corrected chi connectivity index (χ2v) is 9.38. The van der Waals surface area contributed by atoms with Crippen LogP contribution in [0.5, 0.6) is 0 Å². The van der Waals surface area contributed by atoms with E-state index < -0.39 is 59.4 Å². The van der Waals surface area contributed by atoms with Crippen molar-refractivity contribution in [3.05, 3.63) is 25.3 Å². The third-order valence-corrected chi connectivity index (χ3v) is 7.13. The minimum atomic E-state index is -1.23. The van der Waals surface area contributed by atoms with Crippen molar-refractivity contribution in [3.63, 3.8) is 0 Å². The molecular weight excluding hydrogens is 456 g/mol. The van der Waals surface area contributed by atoms with Gasteiger partial charge in [0.15, 0.2) is 0 Å². The van der Waals surface area contributed by atoms with Crippen LogP contribution >= 0.6 is 0 Å². The van der Waals surface area contributed by atoms with E-state index in [1.54, 1.807) is 13.8 Å². The van der Waals surface area contributed by atoms with Gasteiger partial charge >= 0.3 is 11.9 Å². The first-order valence-corrected chi connectivity index (χ1v) is 12.1. The van der Waals surface area contributed by atoms with Crippen LogP contribution in [0, 0.1) is 10.8 Å². The van der Waals surface area contributed by atoms with Gasteiger partial charge in [-0.1, -0.05) is 38.8 Å². The highest BCUT2D eigenvalue weighted by Gasteiger charge is 2.57. The number of carbonyl (C=O) groups is 4. The minimum Gasteiger partial charge on any atom is -0.433 e. The first-order valence-electron chi connectivity index (χ1n) is 12.1. The molecule has 35 heavy (non-hydrogen) atoms. The predicted octanol–water partition coefficient (Wildman–Crippen LogP) is 2.39. The zero-order valence-electron chi connectivity index (χ0n) is 20.7. The standard InChI is InChI=1S/C25H38N2O8/c1-5-20(28)34-16(3)32-18-11-7-9-13-24(18,22(26)30)15-25(23(27)31)14-10-8-12-19(25)33-17(4)35-21(29)6-2/h5-6,16-19H,1-2,7-15H2,3-4H3,(H2,26,30)(H2,27,31). The Hall–Kier alpha value is -2.72. The summed E-state index contributed by atoms with van der Waals surface area (Å²) in [5.74, 6) is -2.54. The zero-order valence-corrected chi connectivity index (χ0v) is 20.7. The van der Waals surface area contributed by atoms with Crippen LogP contribution in [-0.2, 0) is 38.1 Å². The van der Waals surface area contributed by atoms with Crippen molar-refractivity contribution in [1.29, 1.82) is 0 Å². The summed E-state index contributed by atoms with van der Waals surface area (Å²) in [4.78, 5) is 49.3. The van der Waals surface area contributed by atoms with Crippen molar-refractivity contribution in [2.45, 2.75) is 96.4 Å². The third-order valence-electron chi connectivity index (χ3n) is 7.13. The molecule has 2 aliphatic carbocycles. The molecular formula is C25H38N2O8. The number of amides is 2. The number of hydrogen-bond donors (Lipinski definition) is 2. The van der Waals surface area contributed by atoms with E-state index in [4.69, 9.17) is 30.4 Å². The van der Waals surface area contributed by atoms with Crippen molar-refractivity contribution in [3.8, 4) is 0 Å². The number of hydrogen-bond acceptors (Lipinski definition) is 8. The Balaban J connectivity index is 2.40. The lowest BCUT2D eigenvalue weighted by Gasteiger charge is -2.50. The van der Waals surface area contributed by atoms with E-state index in [0.717, 1.165) is 25.0 Å². The number of primary amides is 2. The third kappa shape index (κ3) is 6.70. The highest BCUT2D eigenvalue weighted by Crippen LogP contribution is 2.52. The molecule has 0 aromatic heterocycles. The maximum Gasteiger partial charge on any atom is 0.332 e. The van der Waals surface area contributed by atoms with E-state index >= 15 is 0 Å². The predicted molar refractivity (Wildman–Crippen MR) is 126 cm³/mol. The average Bonchev–Trinajstić information content (AvgIpc) is 2.80. The fraction of sp³-hybridized carbons (Fsp3) is 0.680. The Morgan fingerprint density at radius 2 is 1.17 bits per heavy atom. The van der Waals surface area contributed by atoms with E-state index in [0.29, 0.717) is 38.5 Å². The average molecular weight is 495 g/mol. The van der Waals surface area contributed by atoms with Gasteiger partial charge in [0.25, 0.3) is 0 Å². The van der Waals surface area contributed by atoms with Crippen LogP contribution in [0.15, 0.2) is 25.3 Å². The smallest absolute Gasteiger partial charge is 0.332 e. The summed E-state index contributed by atoms with van der Waals surface area (Å²) in [7, 11) is 0. The molecule has 10 heteroatoms. The lowest BCUT2D eigenvalue weighted by atomic mass is 9.57. The summed E-state index contributed by atoms with van der Waals surface area (Å²) in [5, 5.41) is 0. The van der Waals surface area contributed by atoms with Crippen molar-refractivity contribution in [2.75, 3.05) is 0 Å². The van der Waals surface area contributed by atoms with Gasteiger partial charge in [0.2, 0.25) is 24.4 Å². The van der Waals surface area contributed by atoms with E-state index in [1.165, 1.54) is 0 Å². The van der Waals surface area contributed by atoms with E-state index in [9.17, 15) is 19.2 Å². The van der Waals surface area contributed by atoms with Gasteiger partial charge in [0, 0.05) is 12.2 Å². The van der Waals surface area contributed by atoms with Crippen molar-refractivity contribution >= 4 is 23.8 Å². The molecule has 2 fully saturated rings. The van der Waals surface area contributed by atoms with Gasteiger partial charge in [-0.2, -0.15) is 0 Å². The van der Waals surface area contributed by atoms with E-state index in [1.807, 2.05) is 0 Å². The number of nitrogens with two attached hydrogens (primary N) is 2. The molecule has 0 aromatic rings. The molecule has 0 heterocycles. The molecule has 196 valence electrons. The van der Waals surface area contributed by atoms with Crippen LogP contribution < -0.4 is 11.5 Å². The van der Waals surface area contributed by atoms with Crippen LogP contribution in [-0.4, -0.2) is 48.5 Å². The van der Waals surface area contributed by atoms with Crippen LogP contribution in [0.4, 0.5) is 0 Å². The number of ether oxygens (including phenoxy) is 4. The van der Waals surface area contributed by atoms with Gasteiger partial charge in [0.05, 0.1) is 23.0 Å². The molecule has 6 atom stereocenters. The van der Waals surface area contributed by atoms with Gasteiger partial charge in [-0.15, -0.1) is 0 Å². The number of esters is 2. The van der Waals surface area contributed by atoms with Crippen LogP contribution in [0.25, 0.3) is 0 Å².